The number of ketones is 1. The molecule has 0 spiro atoms. The van der Waals surface area contributed by atoms with Crippen LogP contribution in [0.4, 0.5) is 5.69 Å². The summed E-state index contributed by atoms with van der Waals surface area (Å²) in [4.78, 5) is 24.0. The molecule has 8 nitrogen and oxygen atoms in total. The van der Waals surface area contributed by atoms with Gasteiger partial charge in [0.15, 0.2) is 22.9 Å². The third-order valence-electron chi connectivity index (χ3n) is 4.66. The Kier molecular flexibility index (Phi) is 8.26. The van der Waals surface area contributed by atoms with Crippen molar-refractivity contribution in [2.24, 2.45) is 0 Å². The standard InChI is InChI=1S/C24H26N4O4S/c1-5-12-28-23(17(3)32-21-11-7-10-20(14-21)31-4)26-27-24(28)33-15-22(30)25-19-9-6-8-18(13-19)16(2)29/h5-11,13-14,17H,1,12,15H2,2-4H3,(H,25,30). The molecule has 2 aromatic carbocycles. The average Bonchev–Trinajstić information content (AvgIpc) is 3.21. The maximum Gasteiger partial charge on any atom is 0.234 e. The van der Waals surface area contributed by atoms with Crippen LogP contribution in [0.3, 0.4) is 0 Å². The first kappa shape index (κ1) is 24.1. The number of aromatic nitrogens is 3. The van der Waals surface area contributed by atoms with Crippen molar-refractivity contribution in [3.63, 3.8) is 0 Å². The van der Waals surface area contributed by atoms with Crippen LogP contribution in [0.2, 0.25) is 0 Å². The van der Waals surface area contributed by atoms with E-state index >= 15 is 0 Å². The zero-order valence-electron chi connectivity index (χ0n) is 18.8. The van der Waals surface area contributed by atoms with E-state index in [0.717, 1.165) is 0 Å². The van der Waals surface area contributed by atoms with Crippen molar-refractivity contribution in [1.82, 2.24) is 14.8 Å². The molecule has 0 aliphatic carbocycles. The Hall–Kier alpha value is -3.59. The highest BCUT2D eigenvalue weighted by Gasteiger charge is 2.20. The molecule has 0 saturated carbocycles. The van der Waals surface area contributed by atoms with Crippen LogP contribution >= 0.6 is 11.8 Å². The van der Waals surface area contributed by atoms with Crippen LogP contribution in [0.1, 0.15) is 36.1 Å². The molecule has 1 N–H and O–H groups in total. The summed E-state index contributed by atoms with van der Waals surface area (Å²) in [6.45, 7) is 7.65. The first-order chi connectivity index (χ1) is 15.9. The van der Waals surface area contributed by atoms with E-state index in [2.05, 4.69) is 22.1 Å². The summed E-state index contributed by atoms with van der Waals surface area (Å²) >= 11 is 1.26. The number of nitrogens with zero attached hydrogens (tertiary/aromatic N) is 3. The van der Waals surface area contributed by atoms with Gasteiger partial charge in [0.05, 0.1) is 12.9 Å². The number of carbonyl (C=O) groups excluding carboxylic acids is 2. The number of anilines is 1. The predicted molar refractivity (Wildman–Crippen MR) is 128 cm³/mol. The Bertz CT molecular complexity index is 1140. The Labute approximate surface area is 197 Å². The lowest BCUT2D eigenvalue weighted by atomic mass is 10.1. The number of carbonyl (C=O) groups is 2. The highest BCUT2D eigenvalue weighted by Crippen LogP contribution is 2.27. The molecule has 1 unspecified atom stereocenters. The second-order valence-electron chi connectivity index (χ2n) is 7.15. The molecule has 1 amide bonds. The summed E-state index contributed by atoms with van der Waals surface area (Å²) < 4.78 is 13.1. The number of thioether (sulfide) groups is 1. The molecule has 1 atom stereocenters. The lowest BCUT2D eigenvalue weighted by Gasteiger charge is -2.16. The van der Waals surface area contributed by atoms with Crippen LogP contribution in [0, 0.1) is 0 Å². The van der Waals surface area contributed by atoms with Crippen LogP contribution in [0.25, 0.3) is 0 Å². The van der Waals surface area contributed by atoms with E-state index in [4.69, 9.17) is 9.47 Å². The minimum Gasteiger partial charge on any atom is -0.497 e. The highest BCUT2D eigenvalue weighted by atomic mass is 32.2. The van der Waals surface area contributed by atoms with Gasteiger partial charge in [0, 0.05) is 23.9 Å². The Balaban J connectivity index is 1.67. The molecule has 33 heavy (non-hydrogen) atoms. The molecule has 172 valence electrons. The SMILES string of the molecule is C=CCn1c(SCC(=O)Nc2cccc(C(C)=O)c2)nnc1C(C)Oc1cccc(OC)c1. The van der Waals surface area contributed by atoms with Crippen molar-refractivity contribution in [1.29, 1.82) is 0 Å². The van der Waals surface area contributed by atoms with Crippen molar-refractivity contribution < 1.29 is 19.1 Å². The minimum absolute atomic E-state index is 0.0594. The maximum absolute atomic E-state index is 12.4. The molecule has 0 aliphatic heterocycles. The number of hydrogen-bond donors (Lipinski definition) is 1. The number of rotatable bonds is 11. The average molecular weight is 467 g/mol. The van der Waals surface area contributed by atoms with Gasteiger partial charge in [0.2, 0.25) is 5.91 Å². The summed E-state index contributed by atoms with van der Waals surface area (Å²) in [5.74, 6) is 1.83. The smallest absolute Gasteiger partial charge is 0.234 e. The first-order valence-electron chi connectivity index (χ1n) is 10.3. The molecule has 3 aromatic rings. The summed E-state index contributed by atoms with van der Waals surface area (Å²) in [6, 6.07) is 14.2. The molecule has 3 rings (SSSR count). The molecule has 0 bridgehead atoms. The molecule has 1 heterocycles. The van der Waals surface area contributed by atoms with Crippen molar-refractivity contribution in [2.75, 3.05) is 18.2 Å². The number of ether oxygens (including phenoxy) is 2. The second-order valence-corrected chi connectivity index (χ2v) is 8.10. The van der Waals surface area contributed by atoms with E-state index in [9.17, 15) is 9.59 Å². The third kappa shape index (κ3) is 6.45. The predicted octanol–water partition coefficient (Wildman–Crippen LogP) is 4.55. The fourth-order valence-electron chi connectivity index (χ4n) is 3.08. The number of Topliss-reactive ketones (excluding diaryl/α,β-unsaturated/α-hetero) is 1. The van der Waals surface area contributed by atoms with Crippen LogP contribution in [0.15, 0.2) is 66.3 Å². The van der Waals surface area contributed by atoms with Crippen molar-refractivity contribution in [3.8, 4) is 11.5 Å². The van der Waals surface area contributed by atoms with Gasteiger partial charge >= 0.3 is 0 Å². The van der Waals surface area contributed by atoms with Crippen molar-refractivity contribution in [3.05, 3.63) is 72.6 Å². The number of benzene rings is 2. The molecular weight excluding hydrogens is 440 g/mol. The van der Waals surface area contributed by atoms with Gasteiger partial charge in [-0.05, 0) is 38.1 Å². The van der Waals surface area contributed by atoms with E-state index in [1.54, 1.807) is 43.5 Å². The topological polar surface area (TPSA) is 95.3 Å². The fraction of sp³-hybridized carbons (Fsp3) is 0.250. The Morgan fingerprint density at radius 2 is 1.94 bits per heavy atom. The largest absolute Gasteiger partial charge is 0.497 e. The van der Waals surface area contributed by atoms with Gasteiger partial charge in [-0.1, -0.05) is 36.0 Å². The summed E-state index contributed by atoms with van der Waals surface area (Å²) in [5.41, 5.74) is 1.11. The molecule has 0 fully saturated rings. The van der Waals surface area contributed by atoms with Crippen molar-refractivity contribution in [2.45, 2.75) is 31.7 Å². The number of allylic oxidation sites excluding steroid dienone is 1. The second kappa shape index (κ2) is 11.3. The lowest BCUT2D eigenvalue weighted by molar-refractivity contribution is -0.113. The van der Waals surface area contributed by atoms with Crippen LogP contribution in [0.5, 0.6) is 11.5 Å². The van der Waals surface area contributed by atoms with Gasteiger partial charge in [-0.15, -0.1) is 16.8 Å². The van der Waals surface area contributed by atoms with Gasteiger partial charge in [-0.2, -0.15) is 0 Å². The van der Waals surface area contributed by atoms with E-state index in [-0.39, 0.29) is 23.5 Å². The summed E-state index contributed by atoms with van der Waals surface area (Å²) in [6.07, 6.45) is 1.35. The quantitative estimate of drug-likeness (QED) is 0.252. The number of nitrogens with one attached hydrogen (secondary N) is 1. The zero-order valence-corrected chi connectivity index (χ0v) is 19.6. The van der Waals surface area contributed by atoms with Crippen LogP contribution in [-0.4, -0.2) is 39.3 Å². The lowest BCUT2D eigenvalue weighted by Crippen LogP contribution is -2.16. The first-order valence-corrected chi connectivity index (χ1v) is 11.3. The van der Waals surface area contributed by atoms with E-state index in [0.29, 0.717) is 40.3 Å². The zero-order chi connectivity index (χ0) is 23.8. The Morgan fingerprint density at radius 1 is 1.18 bits per heavy atom. The van der Waals surface area contributed by atoms with Crippen molar-refractivity contribution >= 4 is 29.1 Å². The van der Waals surface area contributed by atoms with Gasteiger partial charge in [-0.25, -0.2) is 0 Å². The molecular formula is C24H26N4O4S. The van der Waals surface area contributed by atoms with E-state index in [1.165, 1.54) is 18.7 Å². The molecule has 0 radical (unpaired) electrons. The van der Waals surface area contributed by atoms with Crippen LogP contribution in [-0.2, 0) is 11.3 Å². The number of hydrogen-bond acceptors (Lipinski definition) is 7. The van der Waals surface area contributed by atoms with E-state index < -0.39 is 0 Å². The minimum atomic E-state index is -0.387. The summed E-state index contributed by atoms with van der Waals surface area (Å²) in [7, 11) is 1.60. The maximum atomic E-state index is 12.4. The van der Waals surface area contributed by atoms with Gasteiger partial charge in [0.1, 0.15) is 11.5 Å². The number of amides is 1. The molecule has 0 saturated heterocycles. The van der Waals surface area contributed by atoms with Gasteiger partial charge in [-0.3, -0.25) is 14.2 Å². The molecule has 0 aliphatic rings. The Morgan fingerprint density at radius 3 is 2.67 bits per heavy atom. The molecule has 1 aromatic heterocycles. The third-order valence-corrected chi connectivity index (χ3v) is 5.63. The van der Waals surface area contributed by atoms with Gasteiger partial charge in [0.25, 0.3) is 0 Å². The number of methoxy groups -OCH3 is 1. The molecule has 9 heteroatoms. The summed E-state index contributed by atoms with van der Waals surface area (Å²) in [5, 5.41) is 11.9. The van der Waals surface area contributed by atoms with E-state index in [1.807, 2.05) is 29.7 Å². The van der Waals surface area contributed by atoms with Crippen LogP contribution < -0.4 is 14.8 Å². The normalized spacial score (nSPS) is 11.5. The monoisotopic (exact) mass is 466 g/mol. The van der Waals surface area contributed by atoms with Gasteiger partial charge < -0.3 is 14.8 Å². The fourth-order valence-corrected chi connectivity index (χ4v) is 3.84. The highest BCUT2D eigenvalue weighted by molar-refractivity contribution is 7.99.